The molecule has 1 heterocycles. The predicted molar refractivity (Wildman–Crippen MR) is 65.7 cm³/mol. The van der Waals surface area contributed by atoms with E-state index in [0.717, 1.165) is 25.9 Å². The van der Waals surface area contributed by atoms with Crippen LogP contribution in [-0.4, -0.2) is 30.5 Å². The normalized spacial score (nSPS) is 22.4. The third-order valence-corrected chi connectivity index (χ3v) is 3.12. The van der Waals surface area contributed by atoms with Crippen LogP contribution in [0.15, 0.2) is 0 Å². The first-order chi connectivity index (χ1) is 7.61. The second-order valence-corrected chi connectivity index (χ2v) is 5.20. The van der Waals surface area contributed by atoms with Crippen LogP contribution in [0.25, 0.3) is 0 Å². The number of rotatable bonds is 6. The molecule has 0 radical (unpaired) electrons. The molecule has 1 rings (SSSR count). The third kappa shape index (κ3) is 5.17. The number of amides is 1. The smallest absolute Gasteiger partial charge is 0.222 e. The van der Waals surface area contributed by atoms with Gasteiger partial charge >= 0.3 is 0 Å². The van der Waals surface area contributed by atoms with Crippen molar-refractivity contribution in [2.24, 2.45) is 5.92 Å². The maximum absolute atomic E-state index is 11.7. The zero-order valence-corrected chi connectivity index (χ0v) is 10.9. The Morgan fingerprint density at radius 1 is 1.56 bits per heavy atom. The minimum Gasteiger partial charge on any atom is -0.378 e. The SMILES string of the molecule is CC(C)CC(CCl)NC(=O)CC1CCCO1. The molecule has 0 saturated carbocycles. The average molecular weight is 248 g/mol. The van der Waals surface area contributed by atoms with Gasteiger partial charge in [-0.2, -0.15) is 0 Å². The first kappa shape index (κ1) is 13.8. The van der Waals surface area contributed by atoms with E-state index in [0.29, 0.717) is 18.2 Å². The molecule has 1 N–H and O–H groups in total. The van der Waals surface area contributed by atoms with E-state index in [1.165, 1.54) is 0 Å². The van der Waals surface area contributed by atoms with Gasteiger partial charge in [-0.1, -0.05) is 13.8 Å². The van der Waals surface area contributed by atoms with E-state index < -0.39 is 0 Å². The highest BCUT2D eigenvalue weighted by Crippen LogP contribution is 2.15. The van der Waals surface area contributed by atoms with Crippen LogP contribution in [0, 0.1) is 5.92 Å². The van der Waals surface area contributed by atoms with Crippen LogP contribution in [0.1, 0.15) is 39.5 Å². The second kappa shape index (κ2) is 7.13. The number of halogens is 1. The van der Waals surface area contributed by atoms with E-state index in [1.54, 1.807) is 0 Å². The summed E-state index contributed by atoms with van der Waals surface area (Å²) < 4.78 is 5.43. The van der Waals surface area contributed by atoms with Crippen molar-refractivity contribution in [3.05, 3.63) is 0 Å². The van der Waals surface area contributed by atoms with Gasteiger partial charge in [-0.05, 0) is 25.2 Å². The zero-order valence-electron chi connectivity index (χ0n) is 10.2. The molecule has 1 amide bonds. The van der Waals surface area contributed by atoms with Crippen molar-refractivity contribution in [1.29, 1.82) is 0 Å². The molecule has 94 valence electrons. The van der Waals surface area contributed by atoms with Gasteiger partial charge in [-0.3, -0.25) is 4.79 Å². The molecule has 0 aliphatic carbocycles. The Bertz CT molecular complexity index is 215. The lowest BCUT2D eigenvalue weighted by Gasteiger charge is -2.19. The fraction of sp³-hybridized carbons (Fsp3) is 0.917. The van der Waals surface area contributed by atoms with Gasteiger partial charge in [0.2, 0.25) is 5.91 Å². The van der Waals surface area contributed by atoms with Crippen LogP contribution in [0.4, 0.5) is 0 Å². The molecule has 0 aromatic heterocycles. The van der Waals surface area contributed by atoms with Crippen LogP contribution in [0.3, 0.4) is 0 Å². The summed E-state index contributed by atoms with van der Waals surface area (Å²) in [6.45, 7) is 5.06. The summed E-state index contributed by atoms with van der Waals surface area (Å²) in [6, 6.07) is 0.0931. The van der Waals surface area contributed by atoms with Crippen LogP contribution in [0.2, 0.25) is 0 Å². The number of carbonyl (C=O) groups is 1. The maximum atomic E-state index is 11.7. The van der Waals surface area contributed by atoms with Gasteiger partial charge in [-0.15, -0.1) is 11.6 Å². The minimum absolute atomic E-state index is 0.0678. The van der Waals surface area contributed by atoms with E-state index in [4.69, 9.17) is 16.3 Å². The largest absolute Gasteiger partial charge is 0.378 e. The number of carbonyl (C=O) groups excluding carboxylic acids is 1. The Morgan fingerprint density at radius 3 is 2.81 bits per heavy atom. The molecule has 2 unspecified atom stereocenters. The molecule has 3 nitrogen and oxygen atoms in total. The molecule has 4 heteroatoms. The summed E-state index contributed by atoms with van der Waals surface area (Å²) >= 11 is 5.83. The fourth-order valence-corrected chi connectivity index (χ4v) is 2.23. The van der Waals surface area contributed by atoms with E-state index in [1.807, 2.05) is 0 Å². The zero-order chi connectivity index (χ0) is 12.0. The first-order valence-electron chi connectivity index (χ1n) is 6.08. The Hall–Kier alpha value is -0.280. The molecule has 0 spiro atoms. The van der Waals surface area contributed by atoms with Crippen molar-refractivity contribution in [3.63, 3.8) is 0 Å². The summed E-state index contributed by atoms with van der Waals surface area (Å²) in [5.74, 6) is 1.10. The average Bonchev–Trinajstić information content (AvgIpc) is 2.68. The molecule has 0 aromatic rings. The lowest BCUT2D eigenvalue weighted by atomic mass is 10.0. The van der Waals surface area contributed by atoms with E-state index >= 15 is 0 Å². The van der Waals surface area contributed by atoms with Crippen LogP contribution >= 0.6 is 11.6 Å². The van der Waals surface area contributed by atoms with Crippen molar-refractivity contribution in [2.75, 3.05) is 12.5 Å². The Kier molecular flexibility index (Phi) is 6.14. The Labute approximate surface area is 103 Å². The third-order valence-electron chi connectivity index (χ3n) is 2.74. The van der Waals surface area contributed by atoms with Crippen molar-refractivity contribution in [3.8, 4) is 0 Å². The van der Waals surface area contributed by atoms with Crippen molar-refractivity contribution >= 4 is 17.5 Å². The lowest BCUT2D eigenvalue weighted by Crippen LogP contribution is -2.38. The van der Waals surface area contributed by atoms with E-state index in [-0.39, 0.29) is 18.1 Å². The molecule has 1 saturated heterocycles. The highest BCUT2D eigenvalue weighted by molar-refractivity contribution is 6.18. The second-order valence-electron chi connectivity index (χ2n) is 4.89. The van der Waals surface area contributed by atoms with Gasteiger partial charge in [0.1, 0.15) is 0 Å². The van der Waals surface area contributed by atoms with Crippen LogP contribution < -0.4 is 5.32 Å². The highest BCUT2D eigenvalue weighted by Gasteiger charge is 2.20. The van der Waals surface area contributed by atoms with Gasteiger partial charge in [0.25, 0.3) is 0 Å². The molecule has 1 fully saturated rings. The van der Waals surface area contributed by atoms with Gasteiger partial charge in [0.05, 0.1) is 12.5 Å². The Balaban J connectivity index is 2.24. The molecular weight excluding hydrogens is 226 g/mol. The van der Waals surface area contributed by atoms with Gasteiger partial charge in [0, 0.05) is 18.5 Å². The molecule has 2 atom stereocenters. The summed E-state index contributed by atoms with van der Waals surface area (Å²) in [5.41, 5.74) is 0. The number of hydrogen-bond acceptors (Lipinski definition) is 2. The Morgan fingerprint density at radius 2 is 2.31 bits per heavy atom. The quantitative estimate of drug-likeness (QED) is 0.732. The van der Waals surface area contributed by atoms with Gasteiger partial charge in [0.15, 0.2) is 0 Å². The van der Waals surface area contributed by atoms with E-state index in [9.17, 15) is 4.79 Å². The molecule has 0 aromatic carbocycles. The molecule has 0 bridgehead atoms. The van der Waals surface area contributed by atoms with Crippen molar-refractivity contribution in [1.82, 2.24) is 5.32 Å². The highest BCUT2D eigenvalue weighted by atomic mass is 35.5. The summed E-state index contributed by atoms with van der Waals surface area (Å²) in [6.07, 6.45) is 3.60. The van der Waals surface area contributed by atoms with E-state index in [2.05, 4.69) is 19.2 Å². The number of nitrogens with one attached hydrogen (secondary N) is 1. The van der Waals surface area contributed by atoms with Crippen LogP contribution in [0.5, 0.6) is 0 Å². The van der Waals surface area contributed by atoms with Crippen molar-refractivity contribution in [2.45, 2.75) is 51.7 Å². The molecule has 1 aliphatic rings. The van der Waals surface area contributed by atoms with Crippen molar-refractivity contribution < 1.29 is 9.53 Å². The predicted octanol–water partition coefficient (Wildman–Crippen LogP) is 2.33. The van der Waals surface area contributed by atoms with Crippen LogP contribution in [-0.2, 0) is 9.53 Å². The standard InChI is InChI=1S/C12H22ClNO2/c1-9(2)6-10(8-13)14-12(15)7-11-4-3-5-16-11/h9-11H,3-8H2,1-2H3,(H,14,15). The maximum Gasteiger partial charge on any atom is 0.222 e. The molecule has 16 heavy (non-hydrogen) atoms. The molecule has 1 aliphatic heterocycles. The molecular formula is C12H22ClNO2. The topological polar surface area (TPSA) is 38.3 Å². The number of alkyl halides is 1. The fourth-order valence-electron chi connectivity index (χ4n) is 2.03. The first-order valence-corrected chi connectivity index (χ1v) is 6.62. The summed E-state index contributed by atoms with van der Waals surface area (Å²) in [7, 11) is 0. The summed E-state index contributed by atoms with van der Waals surface area (Å²) in [5, 5.41) is 2.97. The lowest BCUT2D eigenvalue weighted by molar-refractivity contribution is -0.123. The van der Waals surface area contributed by atoms with Gasteiger partial charge in [-0.25, -0.2) is 0 Å². The number of hydrogen-bond donors (Lipinski definition) is 1. The summed E-state index contributed by atoms with van der Waals surface area (Å²) in [4.78, 5) is 11.7. The number of ether oxygens (including phenoxy) is 1. The minimum atomic E-state index is 0.0678. The monoisotopic (exact) mass is 247 g/mol. The van der Waals surface area contributed by atoms with Gasteiger partial charge < -0.3 is 10.1 Å².